The molecule has 8 atom stereocenters. The molecule has 0 aromatic rings. The maximum atomic E-state index is 6.59. The Morgan fingerprint density at radius 2 is 1.83 bits per heavy atom. The third-order valence-corrected chi connectivity index (χ3v) is 10.7. The Kier molecular flexibility index (Phi) is 4.57. The lowest BCUT2D eigenvalue weighted by Gasteiger charge is -2.58. The van der Waals surface area contributed by atoms with Crippen LogP contribution in [0.15, 0.2) is 11.6 Å². The predicted molar refractivity (Wildman–Crippen MR) is 117 cm³/mol. The maximum absolute atomic E-state index is 6.59. The molecule has 168 valence electrons. The summed E-state index contributed by atoms with van der Waals surface area (Å²) in [5.41, 5.74) is 2.59. The smallest absolute Gasteiger partial charge is 0.283 e. The van der Waals surface area contributed by atoms with E-state index in [2.05, 4.69) is 39.2 Å². The molecule has 6 aliphatic rings. The van der Waals surface area contributed by atoms with Crippen molar-refractivity contribution in [3.05, 3.63) is 11.6 Å². The van der Waals surface area contributed by atoms with Gasteiger partial charge >= 0.3 is 0 Å². The summed E-state index contributed by atoms with van der Waals surface area (Å²) in [4.78, 5) is 0. The second-order valence-electron chi connectivity index (χ2n) is 12.1. The van der Waals surface area contributed by atoms with Crippen molar-refractivity contribution in [3.63, 3.8) is 0 Å². The summed E-state index contributed by atoms with van der Waals surface area (Å²) in [5.74, 6) is 2.83. The van der Waals surface area contributed by atoms with Crippen LogP contribution in [0.2, 0.25) is 0 Å². The second kappa shape index (κ2) is 6.79. The Hall–Kier alpha value is -0.420. The van der Waals surface area contributed by atoms with E-state index in [1.807, 2.05) is 0 Å². The first-order chi connectivity index (χ1) is 14.4. The Labute approximate surface area is 182 Å². The first kappa shape index (κ1) is 20.2. The van der Waals surface area contributed by atoms with Gasteiger partial charge in [0.25, 0.3) is 5.97 Å². The van der Waals surface area contributed by atoms with Crippen LogP contribution in [0.1, 0.15) is 72.1 Å². The highest BCUT2D eigenvalue weighted by Crippen LogP contribution is 2.69. The minimum atomic E-state index is -0.732. The van der Waals surface area contributed by atoms with E-state index in [1.165, 1.54) is 44.9 Å². The van der Waals surface area contributed by atoms with E-state index < -0.39 is 5.97 Å². The molecule has 0 aromatic carbocycles. The topological polar surface area (TPSA) is 39.7 Å². The Bertz CT molecular complexity index is 728. The highest BCUT2D eigenvalue weighted by atomic mass is 16.9. The van der Waals surface area contributed by atoms with E-state index in [0.717, 1.165) is 37.4 Å². The first-order valence-corrected chi connectivity index (χ1v) is 12.7. The second-order valence-corrected chi connectivity index (χ2v) is 12.1. The standard InChI is InChI=1S/C26H41NO3/c1-16-14-28-26(29-15-16)13-22-23(30-26)12-21-19-6-5-17-11-18(27-4)7-9-24(17,2)20(19)8-10-25(21,22)3/h5,16,18-23,27H,6-15H2,1-4H3/t16?,18-,19+,20-,21-,22-,23-,24-,25-,26?/m0/s1. The van der Waals surface area contributed by atoms with Gasteiger partial charge in [-0.1, -0.05) is 32.4 Å². The third kappa shape index (κ3) is 2.72. The minimum Gasteiger partial charge on any atom is -0.327 e. The molecule has 4 aliphatic carbocycles. The molecule has 0 radical (unpaired) electrons. The van der Waals surface area contributed by atoms with E-state index in [9.17, 15) is 0 Å². The van der Waals surface area contributed by atoms with Crippen molar-refractivity contribution in [3.8, 4) is 0 Å². The van der Waals surface area contributed by atoms with Crippen LogP contribution in [-0.4, -0.2) is 38.4 Å². The van der Waals surface area contributed by atoms with Gasteiger partial charge in [0.15, 0.2) is 0 Å². The Balaban J connectivity index is 1.24. The fraction of sp³-hybridized carbons (Fsp3) is 0.923. The number of ether oxygens (including phenoxy) is 3. The summed E-state index contributed by atoms with van der Waals surface area (Å²) in [5, 5.41) is 3.55. The average molecular weight is 416 g/mol. The molecule has 1 spiro atoms. The third-order valence-electron chi connectivity index (χ3n) is 10.7. The molecule has 0 aromatic heterocycles. The lowest BCUT2D eigenvalue weighted by molar-refractivity contribution is -0.398. The van der Waals surface area contributed by atoms with Crippen LogP contribution in [-0.2, 0) is 14.2 Å². The van der Waals surface area contributed by atoms with Crippen molar-refractivity contribution >= 4 is 0 Å². The number of hydrogen-bond acceptors (Lipinski definition) is 4. The van der Waals surface area contributed by atoms with Crippen molar-refractivity contribution in [2.45, 2.75) is 90.3 Å². The molecule has 0 unspecified atom stereocenters. The van der Waals surface area contributed by atoms with E-state index >= 15 is 0 Å². The Morgan fingerprint density at radius 3 is 2.60 bits per heavy atom. The van der Waals surface area contributed by atoms with Crippen molar-refractivity contribution < 1.29 is 14.2 Å². The van der Waals surface area contributed by atoms with Gasteiger partial charge in [-0.2, -0.15) is 0 Å². The normalized spacial score (nSPS) is 57.3. The highest BCUT2D eigenvalue weighted by molar-refractivity contribution is 5.26. The number of nitrogens with one attached hydrogen (secondary N) is 1. The van der Waals surface area contributed by atoms with Crippen molar-refractivity contribution in [2.24, 2.45) is 40.4 Å². The summed E-state index contributed by atoms with van der Waals surface area (Å²) >= 11 is 0. The average Bonchev–Trinajstić information content (AvgIpc) is 3.23. The van der Waals surface area contributed by atoms with Crippen LogP contribution in [0.25, 0.3) is 0 Å². The Morgan fingerprint density at radius 1 is 1.03 bits per heavy atom. The number of hydrogen-bond donors (Lipinski definition) is 1. The zero-order valence-corrected chi connectivity index (χ0v) is 19.4. The van der Waals surface area contributed by atoms with Crippen molar-refractivity contribution in [2.75, 3.05) is 20.3 Å². The molecule has 0 amide bonds. The molecule has 0 bridgehead atoms. The summed E-state index contributed by atoms with van der Waals surface area (Å²) in [6.45, 7) is 8.92. The van der Waals surface area contributed by atoms with Gasteiger partial charge in [-0.25, -0.2) is 0 Å². The lowest BCUT2D eigenvalue weighted by Crippen LogP contribution is -2.52. The van der Waals surface area contributed by atoms with Gasteiger partial charge in [0.05, 0.1) is 19.3 Å². The van der Waals surface area contributed by atoms with E-state index in [4.69, 9.17) is 14.2 Å². The molecule has 4 nitrogen and oxygen atoms in total. The molecule has 6 rings (SSSR count). The van der Waals surface area contributed by atoms with Gasteiger partial charge in [0.1, 0.15) is 0 Å². The molecule has 2 heterocycles. The fourth-order valence-corrected chi connectivity index (χ4v) is 8.86. The maximum Gasteiger partial charge on any atom is 0.283 e. The summed E-state index contributed by atoms with van der Waals surface area (Å²) in [6, 6.07) is 0.684. The summed E-state index contributed by atoms with van der Waals surface area (Å²) in [6.07, 6.45) is 13.2. The van der Waals surface area contributed by atoms with E-state index in [-0.39, 0.29) is 0 Å². The van der Waals surface area contributed by atoms with Crippen molar-refractivity contribution in [1.82, 2.24) is 5.32 Å². The zero-order valence-electron chi connectivity index (χ0n) is 19.4. The first-order valence-electron chi connectivity index (χ1n) is 12.7. The van der Waals surface area contributed by atoms with Crippen LogP contribution in [0, 0.1) is 40.4 Å². The SMILES string of the molecule is CN[C@H]1CC[C@@]2(C)C(=CC[C@H]3[C@@H]4C[C@@H]5OC6(C[C@@H]5[C@@]4(C)CC[C@@H]32)OCC(C)CO6)C1. The zero-order chi connectivity index (χ0) is 20.7. The van der Waals surface area contributed by atoms with E-state index in [1.54, 1.807) is 5.57 Å². The van der Waals surface area contributed by atoms with Gasteiger partial charge in [0.2, 0.25) is 0 Å². The molecule has 5 fully saturated rings. The van der Waals surface area contributed by atoms with Crippen LogP contribution in [0.4, 0.5) is 0 Å². The van der Waals surface area contributed by atoms with Crippen LogP contribution >= 0.6 is 0 Å². The van der Waals surface area contributed by atoms with Crippen LogP contribution in [0.5, 0.6) is 0 Å². The number of allylic oxidation sites excluding steroid dienone is 1. The lowest BCUT2D eigenvalue weighted by atomic mass is 9.47. The van der Waals surface area contributed by atoms with Gasteiger partial charge in [0, 0.05) is 18.4 Å². The minimum absolute atomic E-state index is 0.324. The largest absolute Gasteiger partial charge is 0.327 e. The highest BCUT2D eigenvalue weighted by Gasteiger charge is 2.66. The molecule has 3 saturated carbocycles. The van der Waals surface area contributed by atoms with Crippen LogP contribution in [0.3, 0.4) is 0 Å². The molecule has 2 saturated heterocycles. The van der Waals surface area contributed by atoms with Gasteiger partial charge in [-0.15, -0.1) is 0 Å². The number of fused-ring (bicyclic) bond motifs is 7. The molecule has 30 heavy (non-hydrogen) atoms. The fourth-order valence-electron chi connectivity index (χ4n) is 8.86. The van der Waals surface area contributed by atoms with E-state index in [0.29, 0.717) is 34.8 Å². The van der Waals surface area contributed by atoms with Gasteiger partial charge in [-0.3, -0.25) is 0 Å². The number of rotatable bonds is 1. The monoisotopic (exact) mass is 415 g/mol. The van der Waals surface area contributed by atoms with Crippen molar-refractivity contribution in [1.29, 1.82) is 0 Å². The van der Waals surface area contributed by atoms with Crippen LogP contribution < -0.4 is 5.32 Å². The molecule has 4 heteroatoms. The quantitative estimate of drug-likeness (QED) is 0.619. The summed E-state index contributed by atoms with van der Waals surface area (Å²) < 4.78 is 18.9. The molecular formula is C26H41NO3. The molecular weight excluding hydrogens is 374 g/mol. The predicted octanol–water partition coefficient (Wildman–Crippen LogP) is 4.89. The molecule has 2 aliphatic heterocycles. The van der Waals surface area contributed by atoms with Gasteiger partial charge in [-0.05, 0) is 86.5 Å². The van der Waals surface area contributed by atoms with Gasteiger partial charge < -0.3 is 19.5 Å². The summed E-state index contributed by atoms with van der Waals surface area (Å²) in [7, 11) is 2.13. The molecule has 1 N–H and O–H groups in total.